The van der Waals surface area contributed by atoms with E-state index in [9.17, 15) is 32.3 Å². The van der Waals surface area contributed by atoms with Gasteiger partial charge in [0.05, 0.1) is 41.1 Å². The summed E-state index contributed by atoms with van der Waals surface area (Å²) in [5.74, 6) is -0.722. The third-order valence-electron chi connectivity index (χ3n) is 12.1. The fraction of sp³-hybridized carbons (Fsp3) is 0.463. The Balaban J connectivity index is 0.910. The number of nitrogens with one attached hydrogen (secondary N) is 2. The van der Waals surface area contributed by atoms with E-state index in [-0.39, 0.29) is 41.7 Å². The van der Waals surface area contributed by atoms with E-state index in [4.69, 9.17) is 9.84 Å². The zero-order chi connectivity index (χ0) is 41.1. The van der Waals surface area contributed by atoms with Crippen molar-refractivity contribution < 1.29 is 32.3 Å². The van der Waals surface area contributed by atoms with Crippen molar-refractivity contribution in [2.75, 3.05) is 43.5 Å². The van der Waals surface area contributed by atoms with E-state index in [1.54, 1.807) is 23.7 Å². The van der Waals surface area contributed by atoms with Crippen molar-refractivity contribution in [2.45, 2.75) is 76.2 Å². The number of piperidine rings is 1. The quantitative estimate of drug-likeness (QED) is 0.189. The van der Waals surface area contributed by atoms with Crippen LogP contribution in [0.4, 0.5) is 24.5 Å². The lowest BCUT2D eigenvalue weighted by Crippen LogP contribution is -2.60. The van der Waals surface area contributed by atoms with Crippen LogP contribution in [0.15, 0.2) is 59.5 Å². The number of amides is 3. The molecular formula is C41H46F3N9O5. The number of methoxy groups -OCH3 is 1. The number of imide groups is 1. The van der Waals surface area contributed by atoms with Crippen LogP contribution in [0.25, 0.3) is 21.9 Å². The second-order valence-electron chi connectivity index (χ2n) is 16.3. The number of aryl methyl sites for hydroxylation is 1. The summed E-state index contributed by atoms with van der Waals surface area (Å²) in [4.78, 5) is 59.5. The normalized spacial score (nSPS) is 21.7. The van der Waals surface area contributed by atoms with Crippen LogP contribution in [0.1, 0.15) is 80.6 Å². The Hall–Kier alpha value is -5.71. The maximum atomic E-state index is 13.5. The van der Waals surface area contributed by atoms with Crippen LogP contribution in [0.5, 0.6) is 5.75 Å². The van der Waals surface area contributed by atoms with Gasteiger partial charge in [0.15, 0.2) is 0 Å². The number of benzene rings is 2. The van der Waals surface area contributed by atoms with Gasteiger partial charge >= 0.3 is 11.9 Å². The van der Waals surface area contributed by atoms with E-state index in [1.807, 2.05) is 29.1 Å². The average molecular weight is 802 g/mol. The molecule has 306 valence electrons. The SMILES string of the molecule is COc1cc2nn([C@H]3CC[C@H](CN4CCN(c5cccc6c5n(C)c(=O)n6C5CCC(=O)NC5=O)CC4(C)C)CC3)cc2cc1NC(=O)c1cccc(C(F)(F)F)n1. The minimum atomic E-state index is -4.67. The number of carbonyl (C=O) groups is 3. The van der Waals surface area contributed by atoms with Crippen LogP contribution in [-0.2, 0) is 22.8 Å². The third-order valence-corrected chi connectivity index (χ3v) is 12.1. The molecule has 8 rings (SSSR count). The van der Waals surface area contributed by atoms with Crippen LogP contribution >= 0.6 is 0 Å². The predicted octanol–water partition coefficient (Wildman–Crippen LogP) is 5.67. The number of pyridine rings is 1. The summed E-state index contributed by atoms with van der Waals surface area (Å²) in [7, 11) is 3.19. The molecule has 3 aromatic heterocycles. The van der Waals surface area contributed by atoms with Gasteiger partial charge < -0.3 is 15.0 Å². The molecule has 2 aliphatic heterocycles. The van der Waals surface area contributed by atoms with Gasteiger partial charge in [0.25, 0.3) is 5.91 Å². The molecule has 14 nitrogen and oxygen atoms in total. The Morgan fingerprint density at radius 3 is 2.48 bits per heavy atom. The standard InChI is InChI=1S/C41H46F3N9O5/c1-40(2)23-50(30-8-6-9-31-36(30)49(3)39(57)53(31)32-15-16-35(54)47-38(32)56)17-18-51(40)21-24-11-13-26(14-12-24)52-22-25-19-29(33(58-4)20-28(25)48-52)46-37(55)27-7-5-10-34(45-27)41(42,43)44/h5-10,19-20,22,24,26,32H,11-18,21,23H2,1-4H3,(H,46,55)(H,47,54,56)/t24-,26-,32?. The summed E-state index contributed by atoms with van der Waals surface area (Å²) in [5, 5.41) is 10.6. The molecule has 3 fully saturated rings. The number of carbonyl (C=O) groups excluding carboxylic acids is 3. The molecule has 17 heteroatoms. The number of fused-ring (bicyclic) bond motifs is 2. The van der Waals surface area contributed by atoms with E-state index in [2.05, 4.69) is 39.3 Å². The number of hydrogen-bond donors (Lipinski definition) is 2. The number of nitrogens with zero attached hydrogens (tertiary/aromatic N) is 7. The highest BCUT2D eigenvalue weighted by molar-refractivity contribution is 6.05. The van der Waals surface area contributed by atoms with Gasteiger partial charge in [-0.1, -0.05) is 12.1 Å². The van der Waals surface area contributed by atoms with Crippen molar-refractivity contribution in [2.24, 2.45) is 13.0 Å². The Morgan fingerprint density at radius 1 is 1.02 bits per heavy atom. The Bertz CT molecular complexity index is 2480. The number of halogens is 3. The van der Waals surface area contributed by atoms with E-state index < -0.39 is 29.7 Å². The second kappa shape index (κ2) is 14.9. The number of aromatic nitrogens is 5. The van der Waals surface area contributed by atoms with Crippen LogP contribution in [0.2, 0.25) is 0 Å². The highest BCUT2D eigenvalue weighted by Gasteiger charge is 2.38. The average Bonchev–Trinajstić information content (AvgIpc) is 3.72. The first-order chi connectivity index (χ1) is 27.6. The number of hydrogen-bond acceptors (Lipinski definition) is 9. The van der Waals surface area contributed by atoms with Gasteiger partial charge in [0, 0.05) is 62.8 Å². The van der Waals surface area contributed by atoms with Crippen molar-refractivity contribution in [3.05, 3.63) is 76.6 Å². The molecule has 3 amide bonds. The smallest absolute Gasteiger partial charge is 0.433 e. The lowest BCUT2D eigenvalue weighted by molar-refractivity contribution is -0.141. The number of ether oxygens (including phenoxy) is 1. The second-order valence-corrected chi connectivity index (χ2v) is 16.3. The third kappa shape index (κ3) is 7.31. The number of para-hydroxylation sites is 1. The first kappa shape index (κ1) is 39.1. The largest absolute Gasteiger partial charge is 0.494 e. The Kier molecular flexibility index (Phi) is 10.1. The summed E-state index contributed by atoms with van der Waals surface area (Å²) in [5.41, 5.74) is 1.43. The minimum absolute atomic E-state index is 0.161. The molecule has 2 N–H and O–H groups in total. The molecule has 2 saturated heterocycles. The fourth-order valence-electron chi connectivity index (χ4n) is 8.97. The lowest BCUT2D eigenvalue weighted by Gasteiger charge is -2.49. The molecule has 5 aromatic rings. The molecule has 58 heavy (non-hydrogen) atoms. The Labute approximate surface area is 331 Å². The summed E-state index contributed by atoms with van der Waals surface area (Å²) in [6, 6.07) is 11.9. The molecule has 1 saturated carbocycles. The highest BCUT2D eigenvalue weighted by atomic mass is 19.4. The van der Waals surface area contributed by atoms with E-state index in [0.717, 1.165) is 80.6 Å². The van der Waals surface area contributed by atoms with Crippen LogP contribution in [-0.4, -0.2) is 85.3 Å². The van der Waals surface area contributed by atoms with Crippen molar-refractivity contribution in [1.29, 1.82) is 0 Å². The highest BCUT2D eigenvalue weighted by Crippen LogP contribution is 2.38. The van der Waals surface area contributed by atoms with Gasteiger partial charge in [-0.3, -0.25) is 38.4 Å². The zero-order valence-electron chi connectivity index (χ0n) is 32.8. The van der Waals surface area contributed by atoms with Crippen molar-refractivity contribution in [3.63, 3.8) is 0 Å². The number of piperazine rings is 1. The van der Waals surface area contributed by atoms with Gasteiger partial charge in [-0.15, -0.1) is 0 Å². The first-order valence-corrected chi connectivity index (χ1v) is 19.6. The molecule has 0 radical (unpaired) electrons. The van der Waals surface area contributed by atoms with Gasteiger partial charge in [-0.25, -0.2) is 9.78 Å². The molecule has 3 aliphatic rings. The maximum Gasteiger partial charge on any atom is 0.433 e. The summed E-state index contributed by atoms with van der Waals surface area (Å²) >= 11 is 0. The van der Waals surface area contributed by atoms with Crippen LogP contribution in [0, 0.1) is 5.92 Å². The number of alkyl halides is 3. The minimum Gasteiger partial charge on any atom is -0.494 e. The fourth-order valence-corrected chi connectivity index (χ4v) is 8.97. The van der Waals surface area contributed by atoms with Crippen molar-refractivity contribution >= 4 is 51.0 Å². The first-order valence-electron chi connectivity index (χ1n) is 19.6. The van der Waals surface area contributed by atoms with Crippen LogP contribution in [0.3, 0.4) is 0 Å². The molecule has 0 spiro atoms. The summed E-state index contributed by atoms with van der Waals surface area (Å²) < 4.78 is 50.2. The molecule has 0 bridgehead atoms. The lowest BCUT2D eigenvalue weighted by atomic mass is 9.84. The van der Waals surface area contributed by atoms with E-state index >= 15 is 0 Å². The molecule has 2 aromatic carbocycles. The van der Waals surface area contributed by atoms with Crippen LogP contribution < -0.4 is 26.0 Å². The Morgan fingerprint density at radius 2 is 1.78 bits per heavy atom. The van der Waals surface area contributed by atoms with E-state index in [0.29, 0.717) is 28.4 Å². The zero-order valence-corrected chi connectivity index (χ0v) is 32.8. The maximum absolute atomic E-state index is 13.5. The predicted molar refractivity (Wildman–Crippen MR) is 211 cm³/mol. The van der Waals surface area contributed by atoms with Gasteiger partial charge in [-0.05, 0) is 82.2 Å². The van der Waals surface area contributed by atoms with Gasteiger partial charge in [0.1, 0.15) is 23.2 Å². The van der Waals surface area contributed by atoms with Gasteiger partial charge in [0.2, 0.25) is 11.8 Å². The van der Waals surface area contributed by atoms with Crippen molar-refractivity contribution in [3.8, 4) is 5.75 Å². The monoisotopic (exact) mass is 801 g/mol. The molecule has 1 aliphatic carbocycles. The summed E-state index contributed by atoms with van der Waals surface area (Å²) in [6.07, 6.45) is 1.69. The topological polar surface area (TPSA) is 149 Å². The van der Waals surface area contributed by atoms with Crippen molar-refractivity contribution in [1.82, 2.24) is 34.1 Å². The number of anilines is 2. The molecule has 5 heterocycles. The van der Waals surface area contributed by atoms with E-state index in [1.165, 1.54) is 17.7 Å². The number of rotatable bonds is 8. The molecule has 1 atom stereocenters. The summed E-state index contributed by atoms with van der Waals surface area (Å²) in [6.45, 7) is 7.85. The molecular weight excluding hydrogens is 756 g/mol. The number of imidazole rings is 1. The molecule has 1 unspecified atom stereocenters. The van der Waals surface area contributed by atoms with Gasteiger partial charge in [-0.2, -0.15) is 18.3 Å².